The first-order valence-corrected chi connectivity index (χ1v) is 18.6. The number of hydrogen-bond acceptors (Lipinski definition) is 3. The van der Waals surface area contributed by atoms with E-state index in [2.05, 4.69) is 49.4 Å². The Morgan fingerprint density at radius 1 is 0.632 bits per heavy atom. The molecule has 3 nitrogen and oxygen atoms in total. The molecule has 0 saturated carbocycles. The van der Waals surface area contributed by atoms with E-state index in [-0.39, 0.29) is 13.8 Å². The van der Waals surface area contributed by atoms with E-state index in [4.69, 9.17) is 29.0 Å². The van der Waals surface area contributed by atoms with E-state index in [1.54, 1.807) is 0 Å². The summed E-state index contributed by atoms with van der Waals surface area (Å²) in [6.45, 7) is 8.00. The summed E-state index contributed by atoms with van der Waals surface area (Å²) in [5, 5.41) is 15.9. The predicted molar refractivity (Wildman–Crippen MR) is 114 cm³/mol. The van der Waals surface area contributed by atoms with Crippen molar-refractivity contribution >= 4 is 24.5 Å². The fourth-order valence-corrected chi connectivity index (χ4v) is 4.39. The van der Waals surface area contributed by atoms with Crippen molar-refractivity contribution in [3.8, 4) is 0 Å². The molecule has 0 heterocycles. The van der Waals surface area contributed by atoms with E-state index in [1.807, 2.05) is 0 Å². The van der Waals surface area contributed by atoms with Gasteiger partial charge in [-0.05, 0) is 13.8 Å². The first-order valence-electron chi connectivity index (χ1n) is 10.1. The van der Waals surface area contributed by atoms with Gasteiger partial charge in [-0.2, -0.15) is 52.7 Å². The first kappa shape index (κ1) is 39.5. The maximum absolute atomic E-state index is 11.4. The summed E-state index contributed by atoms with van der Waals surface area (Å²) in [6.07, 6.45) is -22.8. The quantitative estimate of drug-likeness (QED) is 0.300. The summed E-state index contributed by atoms with van der Waals surface area (Å²) in [5.41, 5.74) is -5.69. The minimum atomic E-state index is -5.69. The van der Waals surface area contributed by atoms with Gasteiger partial charge in [0, 0.05) is 0 Å². The molecule has 1 aromatic rings. The maximum atomic E-state index is 11.4. The molecule has 0 fully saturated rings. The van der Waals surface area contributed by atoms with Crippen molar-refractivity contribution in [1.82, 2.24) is 0 Å². The Bertz CT molecular complexity index is 824. The smallest absolute Gasteiger partial charge is 0.374 e. The molecule has 2 N–H and O–H groups in total. The summed E-state index contributed by atoms with van der Waals surface area (Å²) in [4.78, 5) is 0. The Morgan fingerprint density at radius 2 is 0.868 bits per heavy atom. The van der Waals surface area contributed by atoms with Crippen LogP contribution in [0.2, 0.25) is 0 Å². The molecule has 1 rings (SSSR count). The Balaban J connectivity index is 0. The molecule has 0 bridgehead atoms. The van der Waals surface area contributed by atoms with E-state index < -0.39 is 51.0 Å². The van der Waals surface area contributed by atoms with Gasteiger partial charge in [-0.3, -0.25) is 0 Å². The molecular weight excluding hydrogens is 769 g/mol. The molecule has 0 amide bonds. The van der Waals surface area contributed by atoms with Crippen LogP contribution >= 0.6 is 18.8 Å². The number of alkyl halides is 12. The zero-order chi connectivity index (χ0) is 31.3. The monoisotopic (exact) mass is 793 g/mol. The predicted octanol–water partition coefficient (Wildman–Crippen LogP) is 9.40. The molecular formula is C20H25Cl2F12NO2W. The van der Waals surface area contributed by atoms with E-state index in [9.17, 15) is 52.7 Å². The zero-order valence-corrected chi connectivity index (χ0v) is 24.9. The average molecular weight is 794 g/mol. The van der Waals surface area contributed by atoms with Gasteiger partial charge >= 0.3 is 137 Å². The number of hydrogen-bond donors (Lipinski definition) is 2. The van der Waals surface area contributed by atoms with Crippen LogP contribution in [-0.2, 0) is 15.0 Å². The fraction of sp³-hybridized carbons (Fsp3) is 0.700. The number of aliphatic hydroxyl groups is 2. The van der Waals surface area contributed by atoms with E-state index >= 15 is 0 Å². The first-order chi connectivity index (χ1) is 16.4. The van der Waals surface area contributed by atoms with Crippen molar-refractivity contribution in [2.45, 2.75) is 89.3 Å². The van der Waals surface area contributed by atoms with Crippen molar-refractivity contribution in [2.75, 3.05) is 0 Å². The number of halogens is 14. The van der Waals surface area contributed by atoms with Crippen LogP contribution in [0.1, 0.15) is 64.5 Å². The van der Waals surface area contributed by atoms with Crippen molar-refractivity contribution in [1.29, 1.82) is 0 Å². The second kappa shape index (κ2) is 13.8. The second-order valence-corrected chi connectivity index (χ2v) is 16.7. The third-order valence-corrected chi connectivity index (χ3v) is 6.99. The Hall–Kier alpha value is -0.632. The summed E-state index contributed by atoms with van der Waals surface area (Å²) in [5.74, 6) is 0.904. The molecule has 18 heteroatoms. The molecule has 38 heavy (non-hydrogen) atoms. The van der Waals surface area contributed by atoms with Crippen LogP contribution in [0.3, 0.4) is 0 Å². The van der Waals surface area contributed by atoms with E-state index in [0.29, 0.717) is 11.8 Å². The van der Waals surface area contributed by atoms with Crippen LogP contribution < -0.4 is 0 Å². The third kappa shape index (κ3) is 11.1. The molecule has 0 saturated heterocycles. The van der Waals surface area contributed by atoms with Gasteiger partial charge in [0.1, 0.15) is 0 Å². The molecule has 0 aliphatic heterocycles. The van der Waals surface area contributed by atoms with Gasteiger partial charge in [0.25, 0.3) is 11.2 Å². The molecule has 0 radical (unpaired) electrons. The normalized spacial score (nSPS) is 13.7. The fourth-order valence-electron chi connectivity index (χ4n) is 2.01. The van der Waals surface area contributed by atoms with Gasteiger partial charge < -0.3 is 10.2 Å². The Kier molecular flexibility index (Phi) is 14.4. The Morgan fingerprint density at radius 3 is 1.00 bits per heavy atom. The van der Waals surface area contributed by atoms with Crippen LogP contribution in [0, 0.1) is 0 Å². The van der Waals surface area contributed by atoms with Crippen LogP contribution in [0.25, 0.3) is 0 Å². The van der Waals surface area contributed by atoms with Gasteiger partial charge in [-0.1, -0.05) is 0 Å². The molecule has 0 aromatic heterocycles. The van der Waals surface area contributed by atoms with E-state index in [0.717, 1.165) is 5.69 Å². The van der Waals surface area contributed by atoms with Crippen molar-refractivity contribution in [3.63, 3.8) is 0 Å². The van der Waals surface area contributed by atoms with Crippen molar-refractivity contribution in [2.24, 2.45) is 3.50 Å². The van der Waals surface area contributed by atoms with Crippen LogP contribution in [0.4, 0.5) is 58.4 Å². The van der Waals surface area contributed by atoms with Crippen molar-refractivity contribution < 1.29 is 77.9 Å². The van der Waals surface area contributed by atoms with Crippen LogP contribution in [-0.4, -0.2) is 46.1 Å². The topological polar surface area (TPSA) is 52.8 Å². The van der Waals surface area contributed by atoms with Gasteiger partial charge in [-0.15, -0.1) is 0 Å². The van der Waals surface area contributed by atoms with Crippen molar-refractivity contribution in [3.05, 3.63) is 29.3 Å². The molecule has 0 unspecified atom stereocenters. The third-order valence-electron chi connectivity index (χ3n) is 4.71. The van der Waals surface area contributed by atoms with E-state index in [1.165, 1.54) is 11.1 Å². The number of rotatable bonds is 3. The minimum absolute atomic E-state index is 0.340. The number of benzene rings is 1. The summed E-state index contributed by atoms with van der Waals surface area (Å²) in [7, 11) is 11.9. The van der Waals surface area contributed by atoms with Gasteiger partial charge in [-0.25, -0.2) is 0 Å². The summed E-state index contributed by atoms with van der Waals surface area (Å²) in [6, 6.07) is 6.33. The molecule has 0 spiro atoms. The molecule has 226 valence electrons. The molecule has 1 aromatic carbocycles. The Labute approximate surface area is 224 Å². The van der Waals surface area contributed by atoms with Crippen LogP contribution in [0.5, 0.6) is 0 Å². The standard InChI is InChI=1S/C12H17N.2C4H4F6O.2ClH.W/c1-8(2)10-6-5-7-11(9(3)4)12(10)13;2*1-2(11,3(5,6)7)4(8,9)10;;;/h5-9H,1-4H3;2*11H,1H3;2*1H;/q;;;;;+2/p-2. The average Bonchev–Trinajstić information content (AvgIpc) is 2.64. The molecule has 0 aliphatic rings. The summed E-state index contributed by atoms with van der Waals surface area (Å²) < 4.78 is 141. The number of nitrogens with zero attached hydrogens (tertiary/aromatic N) is 1. The summed E-state index contributed by atoms with van der Waals surface area (Å²) >= 11 is -2.47. The largest absolute Gasteiger partial charge is 0.425 e. The van der Waals surface area contributed by atoms with Gasteiger partial charge in [0.05, 0.1) is 0 Å². The van der Waals surface area contributed by atoms with Gasteiger partial charge in [0.2, 0.25) is 0 Å². The molecule has 0 atom stereocenters. The maximum Gasteiger partial charge on any atom is 0.425 e. The van der Waals surface area contributed by atoms with Crippen LogP contribution in [0.15, 0.2) is 21.7 Å². The zero-order valence-electron chi connectivity index (χ0n) is 20.4. The van der Waals surface area contributed by atoms with Gasteiger partial charge in [0.15, 0.2) is 0 Å². The second-order valence-electron chi connectivity index (χ2n) is 8.52. The minimum Gasteiger partial charge on any atom is -0.374 e. The molecule has 0 aliphatic carbocycles. The SMILES string of the molecule is CC(C)c1cccc(C(C)C)c1[N]=[W]([Cl])[Cl].CC(O)(C(F)(F)F)C(F)(F)F.CC(O)(C(F)(F)F)C(F)(F)F.